The summed E-state index contributed by atoms with van der Waals surface area (Å²) in [6.07, 6.45) is 2.48. The lowest BCUT2D eigenvalue weighted by Gasteiger charge is -2.37. The first kappa shape index (κ1) is 15.1. The van der Waals surface area contributed by atoms with Gasteiger partial charge in [0.05, 0.1) is 5.92 Å². The Labute approximate surface area is 119 Å². The van der Waals surface area contributed by atoms with Crippen molar-refractivity contribution in [2.45, 2.75) is 57.7 Å². The number of carboxylic acid groups (broad SMARTS) is 1. The number of aliphatic carboxylic acids is 1. The molecule has 1 saturated heterocycles. The second-order valence-electron chi connectivity index (χ2n) is 6.71. The molecule has 0 aromatic heterocycles. The summed E-state index contributed by atoms with van der Waals surface area (Å²) in [6.45, 7) is 6.18. The Morgan fingerprint density at radius 3 is 2.40 bits per heavy atom. The van der Waals surface area contributed by atoms with Gasteiger partial charge >= 0.3 is 12.1 Å². The van der Waals surface area contributed by atoms with E-state index >= 15 is 0 Å². The van der Waals surface area contributed by atoms with Crippen molar-refractivity contribution in [2.75, 3.05) is 13.1 Å². The van der Waals surface area contributed by atoms with Crippen molar-refractivity contribution in [1.82, 2.24) is 10.2 Å². The van der Waals surface area contributed by atoms with Gasteiger partial charge in [-0.1, -0.05) is 0 Å². The number of rotatable bonds is 3. The van der Waals surface area contributed by atoms with Crippen LogP contribution in [0.15, 0.2) is 0 Å². The molecule has 0 aromatic rings. The monoisotopic (exact) mass is 284 g/mol. The number of likely N-dealkylation sites (tertiary alicyclic amines) is 1. The van der Waals surface area contributed by atoms with Crippen LogP contribution in [0.5, 0.6) is 0 Å². The van der Waals surface area contributed by atoms with Gasteiger partial charge in [0.15, 0.2) is 0 Å². The maximum atomic E-state index is 12.0. The molecule has 1 amide bonds. The number of nitrogens with one attached hydrogen (secondary N) is 1. The van der Waals surface area contributed by atoms with Gasteiger partial charge in [-0.2, -0.15) is 0 Å². The summed E-state index contributed by atoms with van der Waals surface area (Å²) in [6, 6.07) is 0.425. The van der Waals surface area contributed by atoms with Crippen molar-refractivity contribution in [1.29, 1.82) is 0 Å². The van der Waals surface area contributed by atoms with Crippen molar-refractivity contribution < 1.29 is 19.4 Å². The number of hydrogen-bond donors (Lipinski definition) is 2. The maximum Gasteiger partial charge on any atom is 0.410 e. The minimum Gasteiger partial charge on any atom is -0.481 e. The number of nitrogens with zero attached hydrogens (tertiary/aromatic N) is 1. The number of amides is 1. The van der Waals surface area contributed by atoms with Crippen molar-refractivity contribution in [3.05, 3.63) is 0 Å². The molecule has 1 heterocycles. The SMILES string of the molecule is CC(C)(C)OC(=O)N1CC[C@H](NC2CC2)[C@@H](C(=O)O)C1. The summed E-state index contributed by atoms with van der Waals surface area (Å²) in [5.41, 5.74) is -0.557. The van der Waals surface area contributed by atoms with E-state index in [0.29, 0.717) is 19.0 Å². The zero-order chi connectivity index (χ0) is 14.9. The molecule has 0 unspecified atom stereocenters. The van der Waals surface area contributed by atoms with Gasteiger partial charge in [0, 0.05) is 25.2 Å². The Morgan fingerprint density at radius 2 is 1.90 bits per heavy atom. The molecule has 2 fully saturated rings. The number of ether oxygens (including phenoxy) is 1. The van der Waals surface area contributed by atoms with Crippen LogP contribution >= 0.6 is 0 Å². The highest BCUT2D eigenvalue weighted by molar-refractivity contribution is 5.74. The summed E-state index contributed by atoms with van der Waals surface area (Å²) >= 11 is 0. The second kappa shape index (κ2) is 5.60. The third-order valence-electron chi connectivity index (χ3n) is 3.61. The molecule has 2 N–H and O–H groups in total. The molecule has 2 atom stereocenters. The van der Waals surface area contributed by atoms with Gasteiger partial charge in [-0.25, -0.2) is 4.79 Å². The summed E-state index contributed by atoms with van der Waals surface area (Å²) in [5.74, 6) is -1.41. The number of carbonyl (C=O) groups excluding carboxylic acids is 1. The van der Waals surface area contributed by atoms with Gasteiger partial charge in [-0.05, 0) is 40.0 Å². The van der Waals surface area contributed by atoms with E-state index in [1.807, 2.05) is 0 Å². The highest BCUT2D eigenvalue weighted by Crippen LogP contribution is 2.25. The van der Waals surface area contributed by atoms with Gasteiger partial charge in [0.25, 0.3) is 0 Å². The standard InChI is InChI=1S/C14H24N2O4/c1-14(2,3)20-13(19)16-7-6-11(15-9-4-5-9)10(8-16)12(17)18/h9-11,15H,4-8H2,1-3H3,(H,17,18)/t10-,11-/m0/s1. The second-order valence-corrected chi connectivity index (χ2v) is 6.71. The zero-order valence-corrected chi connectivity index (χ0v) is 12.4. The first-order chi connectivity index (χ1) is 9.26. The minimum atomic E-state index is -0.851. The number of hydrogen-bond acceptors (Lipinski definition) is 4. The molecule has 0 spiro atoms. The number of piperidine rings is 1. The minimum absolute atomic E-state index is 0.0429. The summed E-state index contributed by atoms with van der Waals surface area (Å²) in [4.78, 5) is 24.9. The first-order valence-corrected chi connectivity index (χ1v) is 7.23. The van der Waals surface area contributed by atoms with E-state index in [1.165, 1.54) is 4.90 Å². The molecule has 1 saturated carbocycles. The molecule has 1 aliphatic heterocycles. The van der Waals surface area contributed by atoms with Crippen LogP contribution in [-0.4, -0.2) is 52.8 Å². The smallest absolute Gasteiger partial charge is 0.410 e. The third-order valence-corrected chi connectivity index (χ3v) is 3.61. The summed E-state index contributed by atoms with van der Waals surface area (Å²) in [5, 5.41) is 12.7. The van der Waals surface area contributed by atoms with Crippen LogP contribution in [0.4, 0.5) is 4.79 Å². The molecule has 0 radical (unpaired) electrons. The van der Waals surface area contributed by atoms with Gasteiger partial charge in [0.1, 0.15) is 5.60 Å². The molecule has 0 bridgehead atoms. The largest absolute Gasteiger partial charge is 0.481 e. The van der Waals surface area contributed by atoms with Gasteiger partial charge < -0.3 is 20.1 Å². The third kappa shape index (κ3) is 4.10. The Hall–Kier alpha value is -1.30. The van der Waals surface area contributed by atoms with E-state index in [4.69, 9.17) is 4.74 Å². The highest BCUT2D eigenvalue weighted by atomic mass is 16.6. The molecule has 2 rings (SSSR count). The molecular formula is C14H24N2O4. The van der Waals surface area contributed by atoms with Crippen molar-refractivity contribution >= 4 is 12.1 Å². The molecular weight excluding hydrogens is 260 g/mol. The number of carbonyl (C=O) groups is 2. The first-order valence-electron chi connectivity index (χ1n) is 7.23. The molecule has 114 valence electrons. The van der Waals surface area contributed by atoms with Crippen LogP contribution < -0.4 is 5.32 Å². The molecule has 20 heavy (non-hydrogen) atoms. The van der Waals surface area contributed by atoms with E-state index in [-0.39, 0.29) is 12.6 Å². The predicted molar refractivity (Wildman–Crippen MR) is 73.5 cm³/mol. The highest BCUT2D eigenvalue weighted by Gasteiger charge is 2.39. The topological polar surface area (TPSA) is 78.9 Å². The van der Waals surface area contributed by atoms with Crippen LogP contribution in [0.1, 0.15) is 40.0 Å². The van der Waals surface area contributed by atoms with Crippen LogP contribution in [0.3, 0.4) is 0 Å². The average molecular weight is 284 g/mol. The average Bonchev–Trinajstić information content (AvgIpc) is 3.10. The lowest BCUT2D eigenvalue weighted by Crippen LogP contribution is -2.54. The van der Waals surface area contributed by atoms with E-state index in [2.05, 4.69) is 5.32 Å². The van der Waals surface area contributed by atoms with Gasteiger partial charge in [0.2, 0.25) is 0 Å². The fraction of sp³-hybridized carbons (Fsp3) is 0.857. The van der Waals surface area contributed by atoms with E-state index in [9.17, 15) is 14.7 Å². The van der Waals surface area contributed by atoms with Crippen LogP contribution in [0.25, 0.3) is 0 Å². The lowest BCUT2D eigenvalue weighted by molar-refractivity contribution is -0.144. The normalized spacial score (nSPS) is 27.2. The fourth-order valence-electron chi connectivity index (χ4n) is 2.45. The molecule has 2 aliphatic rings. The van der Waals surface area contributed by atoms with E-state index < -0.39 is 23.6 Å². The summed E-state index contributed by atoms with van der Waals surface area (Å²) in [7, 11) is 0. The Kier molecular flexibility index (Phi) is 4.22. The molecule has 6 heteroatoms. The summed E-state index contributed by atoms with van der Waals surface area (Å²) < 4.78 is 5.31. The van der Waals surface area contributed by atoms with Crippen LogP contribution in [-0.2, 0) is 9.53 Å². The van der Waals surface area contributed by atoms with Crippen LogP contribution in [0, 0.1) is 5.92 Å². The quantitative estimate of drug-likeness (QED) is 0.820. The van der Waals surface area contributed by atoms with E-state index in [1.54, 1.807) is 20.8 Å². The van der Waals surface area contributed by atoms with Gasteiger partial charge in [-0.3, -0.25) is 4.79 Å². The zero-order valence-electron chi connectivity index (χ0n) is 12.4. The Bertz CT molecular complexity index is 387. The van der Waals surface area contributed by atoms with E-state index in [0.717, 1.165) is 12.8 Å². The van der Waals surface area contributed by atoms with Crippen LogP contribution in [0.2, 0.25) is 0 Å². The number of carboxylic acids is 1. The predicted octanol–water partition coefficient (Wildman–Crippen LogP) is 1.45. The molecule has 1 aliphatic carbocycles. The van der Waals surface area contributed by atoms with Gasteiger partial charge in [-0.15, -0.1) is 0 Å². The van der Waals surface area contributed by atoms with Crippen molar-refractivity contribution in [3.63, 3.8) is 0 Å². The van der Waals surface area contributed by atoms with Crippen molar-refractivity contribution in [2.24, 2.45) is 5.92 Å². The lowest BCUT2D eigenvalue weighted by atomic mass is 9.92. The Balaban J connectivity index is 1.94. The van der Waals surface area contributed by atoms with Crippen molar-refractivity contribution in [3.8, 4) is 0 Å². The fourth-order valence-corrected chi connectivity index (χ4v) is 2.45. The Morgan fingerprint density at radius 1 is 1.25 bits per heavy atom. The molecule has 0 aromatic carbocycles. The molecule has 6 nitrogen and oxygen atoms in total. The maximum absolute atomic E-state index is 12.0.